The lowest BCUT2D eigenvalue weighted by Crippen LogP contribution is -2.44. The van der Waals surface area contributed by atoms with Crippen molar-refractivity contribution in [2.75, 3.05) is 39.3 Å². The van der Waals surface area contributed by atoms with Crippen LogP contribution in [0, 0.1) is 10.1 Å². The van der Waals surface area contributed by atoms with E-state index in [0.717, 1.165) is 26.2 Å². The van der Waals surface area contributed by atoms with Crippen LogP contribution in [-0.2, 0) is 0 Å². The lowest BCUT2D eigenvalue weighted by atomic mass is 10.2. The van der Waals surface area contributed by atoms with Crippen LogP contribution in [-0.4, -0.2) is 49.2 Å². The predicted octanol–water partition coefficient (Wildman–Crippen LogP) is 1.82. The smallest absolute Gasteiger partial charge is 0.320 e. The highest BCUT2D eigenvalue weighted by molar-refractivity contribution is 5.65. The topological polar surface area (TPSA) is 116 Å². The monoisotopic (exact) mass is 292 g/mol. The minimum atomic E-state index is -0.593. The van der Waals surface area contributed by atoms with Gasteiger partial charge in [0.05, 0.1) is 4.92 Å². The van der Waals surface area contributed by atoms with E-state index >= 15 is 0 Å². The molecule has 0 saturated carbocycles. The van der Waals surface area contributed by atoms with Gasteiger partial charge in [-0.3, -0.25) is 15.0 Å². The number of nitro benzene ring substituents is 1. The van der Waals surface area contributed by atoms with Gasteiger partial charge in [-0.1, -0.05) is 11.2 Å². The number of hydrogen-bond acceptors (Lipinski definition) is 6. The third-order valence-electron chi connectivity index (χ3n) is 3.19. The van der Waals surface area contributed by atoms with Gasteiger partial charge in [0.15, 0.2) is 5.75 Å². The average Bonchev–Trinajstić information content (AvgIpc) is 2.48. The van der Waals surface area contributed by atoms with E-state index in [9.17, 15) is 10.1 Å². The van der Waals surface area contributed by atoms with Gasteiger partial charge in [-0.05, 0) is 17.7 Å². The first-order valence-corrected chi connectivity index (χ1v) is 6.60. The number of nitrogens with one attached hydrogen (secondary N) is 1. The molecule has 2 rings (SSSR count). The second-order valence-electron chi connectivity index (χ2n) is 4.51. The third kappa shape index (κ3) is 4.06. The number of rotatable bonds is 6. The van der Waals surface area contributed by atoms with Crippen LogP contribution in [0.3, 0.4) is 0 Å². The van der Waals surface area contributed by atoms with Crippen LogP contribution < -0.4 is 10.1 Å². The molecule has 1 saturated heterocycles. The van der Waals surface area contributed by atoms with Crippen molar-refractivity contribution in [1.82, 2.24) is 10.2 Å². The molecule has 1 aromatic rings. The summed E-state index contributed by atoms with van der Waals surface area (Å²) >= 11 is 0. The van der Waals surface area contributed by atoms with Crippen molar-refractivity contribution in [3.63, 3.8) is 0 Å². The standard InChI is InChI=1S/C12H16N6O3/c13-16-15-10-2-1-3-11(12(10)18(19)20)21-9-8-17-6-4-14-5-7-17/h1-3,14H,4-9H2. The van der Waals surface area contributed by atoms with Crippen LogP contribution in [0.15, 0.2) is 23.3 Å². The molecule has 1 fully saturated rings. The molecule has 9 heteroatoms. The van der Waals surface area contributed by atoms with Gasteiger partial charge >= 0.3 is 5.69 Å². The van der Waals surface area contributed by atoms with Crippen LogP contribution in [0.2, 0.25) is 0 Å². The summed E-state index contributed by atoms with van der Waals surface area (Å²) in [5.74, 6) is 0.125. The van der Waals surface area contributed by atoms with Gasteiger partial charge in [0.1, 0.15) is 12.3 Å². The van der Waals surface area contributed by atoms with E-state index in [1.165, 1.54) is 12.1 Å². The zero-order chi connectivity index (χ0) is 15.1. The van der Waals surface area contributed by atoms with Gasteiger partial charge in [0.2, 0.25) is 0 Å². The molecule has 0 amide bonds. The van der Waals surface area contributed by atoms with E-state index in [0.29, 0.717) is 13.2 Å². The van der Waals surface area contributed by atoms with Gasteiger partial charge in [-0.25, -0.2) is 0 Å². The summed E-state index contributed by atoms with van der Waals surface area (Å²) in [5, 5.41) is 17.7. The molecule has 0 aliphatic carbocycles. The van der Waals surface area contributed by atoms with Crippen LogP contribution in [0.4, 0.5) is 11.4 Å². The molecule has 1 aliphatic heterocycles. The number of nitro groups is 1. The van der Waals surface area contributed by atoms with Gasteiger partial charge in [0, 0.05) is 37.6 Å². The molecule has 0 aromatic heterocycles. The van der Waals surface area contributed by atoms with Crippen LogP contribution >= 0.6 is 0 Å². The molecule has 21 heavy (non-hydrogen) atoms. The number of para-hydroxylation sites is 1. The molecule has 0 atom stereocenters. The minimum Gasteiger partial charge on any atom is -0.485 e. The number of nitrogens with zero attached hydrogens (tertiary/aromatic N) is 5. The number of benzene rings is 1. The Hall–Kier alpha value is -2.35. The maximum atomic E-state index is 11.1. The van der Waals surface area contributed by atoms with Crippen molar-refractivity contribution in [1.29, 1.82) is 0 Å². The Bertz CT molecular complexity index is 552. The van der Waals surface area contributed by atoms with Crippen LogP contribution in [0.1, 0.15) is 0 Å². The summed E-state index contributed by atoms with van der Waals surface area (Å²) in [6, 6.07) is 4.46. The summed E-state index contributed by atoms with van der Waals surface area (Å²) in [4.78, 5) is 15.3. The first-order chi connectivity index (χ1) is 10.2. The SMILES string of the molecule is [N-]=[N+]=Nc1cccc(OCCN2CCNCC2)c1[N+](=O)[O-]. The van der Waals surface area contributed by atoms with Crippen molar-refractivity contribution >= 4 is 11.4 Å². The van der Waals surface area contributed by atoms with Crippen molar-refractivity contribution in [3.8, 4) is 5.75 Å². The predicted molar refractivity (Wildman–Crippen MR) is 76.7 cm³/mol. The van der Waals surface area contributed by atoms with Gasteiger partial charge in [-0.2, -0.15) is 0 Å². The summed E-state index contributed by atoms with van der Waals surface area (Å²) < 4.78 is 5.50. The number of azide groups is 1. The van der Waals surface area contributed by atoms with Gasteiger partial charge < -0.3 is 10.1 Å². The van der Waals surface area contributed by atoms with Crippen molar-refractivity contribution in [3.05, 3.63) is 38.8 Å². The fourth-order valence-electron chi connectivity index (χ4n) is 2.16. The molecule has 0 bridgehead atoms. The second kappa shape index (κ2) is 7.44. The molecule has 0 spiro atoms. The highest BCUT2D eigenvalue weighted by atomic mass is 16.6. The Morgan fingerprint density at radius 1 is 1.48 bits per heavy atom. The molecule has 9 nitrogen and oxygen atoms in total. The highest BCUT2D eigenvalue weighted by Crippen LogP contribution is 2.36. The molecule has 0 unspecified atom stereocenters. The van der Waals surface area contributed by atoms with E-state index < -0.39 is 4.92 Å². The second-order valence-corrected chi connectivity index (χ2v) is 4.51. The number of hydrogen-bond donors (Lipinski definition) is 1. The molecule has 1 N–H and O–H groups in total. The normalized spacial score (nSPS) is 15.2. The molecule has 1 aliphatic rings. The van der Waals surface area contributed by atoms with Gasteiger partial charge in [-0.15, -0.1) is 0 Å². The Balaban J connectivity index is 2.03. The number of piperazine rings is 1. The molecular weight excluding hydrogens is 276 g/mol. The quantitative estimate of drug-likeness (QED) is 0.282. The highest BCUT2D eigenvalue weighted by Gasteiger charge is 2.20. The van der Waals surface area contributed by atoms with Crippen molar-refractivity contribution < 1.29 is 9.66 Å². The largest absolute Gasteiger partial charge is 0.485 e. The Morgan fingerprint density at radius 2 is 2.24 bits per heavy atom. The lowest BCUT2D eigenvalue weighted by Gasteiger charge is -2.26. The van der Waals surface area contributed by atoms with Crippen molar-refractivity contribution in [2.45, 2.75) is 0 Å². The zero-order valence-electron chi connectivity index (χ0n) is 11.4. The lowest BCUT2D eigenvalue weighted by molar-refractivity contribution is -0.385. The third-order valence-corrected chi connectivity index (χ3v) is 3.19. The Morgan fingerprint density at radius 3 is 2.90 bits per heavy atom. The van der Waals surface area contributed by atoms with E-state index in [1.54, 1.807) is 6.07 Å². The fraction of sp³-hybridized carbons (Fsp3) is 0.500. The van der Waals surface area contributed by atoms with Crippen molar-refractivity contribution in [2.24, 2.45) is 5.11 Å². The fourth-order valence-corrected chi connectivity index (χ4v) is 2.16. The first-order valence-electron chi connectivity index (χ1n) is 6.60. The van der Waals surface area contributed by atoms with Crippen LogP contribution in [0.5, 0.6) is 5.75 Å². The zero-order valence-corrected chi connectivity index (χ0v) is 11.4. The summed E-state index contributed by atoms with van der Waals surface area (Å²) in [6.45, 7) is 4.79. The Kier molecular flexibility index (Phi) is 5.33. The maximum absolute atomic E-state index is 11.1. The average molecular weight is 292 g/mol. The van der Waals surface area contributed by atoms with E-state index in [2.05, 4.69) is 20.2 Å². The summed E-state index contributed by atoms with van der Waals surface area (Å²) in [5.41, 5.74) is 8.11. The molecule has 112 valence electrons. The molecule has 1 heterocycles. The van der Waals surface area contributed by atoms with Crippen LogP contribution in [0.25, 0.3) is 10.4 Å². The molecule has 0 radical (unpaired) electrons. The van der Waals surface area contributed by atoms with E-state index in [4.69, 9.17) is 10.3 Å². The molecular formula is C12H16N6O3. The molecule has 1 aromatic carbocycles. The summed E-state index contributed by atoms with van der Waals surface area (Å²) in [7, 11) is 0. The van der Waals surface area contributed by atoms with Gasteiger partial charge in [0.25, 0.3) is 0 Å². The maximum Gasteiger partial charge on any atom is 0.320 e. The van der Waals surface area contributed by atoms with E-state index in [-0.39, 0.29) is 17.1 Å². The number of ether oxygens (including phenoxy) is 1. The first kappa shape index (κ1) is 15.0. The Labute approximate surface area is 121 Å². The minimum absolute atomic E-state index is 0.0397. The van der Waals surface area contributed by atoms with E-state index in [1.807, 2.05) is 0 Å². The summed E-state index contributed by atoms with van der Waals surface area (Å²) in [6.07, 6.45) is 0.